The van der Waals surface area contributed by atoms with E-state index in [1.165, 1.54) is 14.0 Å². The van der Waals surface area contributed by atoms with E-state index in [1.807, 2.05) is 0 Å². The lowest BCUT2D eigenvalue weighted by Crippen LogP contribution is -2.69. The third-order valence-electron chi connectivity index (χ3n) is 8.79. The fourth-order valence-corrected chi connectivity index (χ4v) is 6.26. The molecule has 22 heteroatoms. The second-order valence-corrected chi connectivity index (χ2v) is 12.4. The predicted octanol–water partition coefficient (Wildman–Crippen LogP) is -7.26. The molecule has 0 aliphatic carbocycles. The number of hydrogen-bond acceptors (Lipinski definition) is 18. The first-order valence-corrected chi connectivity index (χ1v) is 15.7. The Bertz CT molecular complexity index is 1210. The van der Waals surface area contributed by atoms with Crippen LogP contribution >= 0.6 is 0 Å². The minimum Gasteiger partial charge on any atom is -0.477 e. The van der Waals surface area contributed by atoms with E-state index in [0.717, 1.165) is 6.92 Å². The quantitative estimate of drug-likeness (QED) is 0.0995. The zero-order valence-electron chi connectivity index (χ0n) is 27.3. The minimum absolute atomic E-state index is 0.232. The molecule has 50 heavy (non-hydrogen) atoms. The SMILES string of the molecule is CO[C@@H]1O[C@@H]2CNC(=O)CO[C@H]3[C@@H](O[C@H]2[C@H](O)[C@H]1NC(C)=O)O[C@H](CO[C@]1(C(=O)O)C[C@H](O)[C@@H](NC(C)=O)[C@H]([C@H](O)[C@H](O)CO)O1)[C@H](O)[C@@H]3O. The molecule has 4 aliphatic rings. The van der Waals surface area contributed by atoms with Gasteiger partial charge in [0.15, 0.2) is 12.6 Å². The van der Waals surface area contributed by atoms with Crippen molar-refractivity contribution in [3.63, 3.8) is 0 Å². The number of nitrogens with one attached hydrogen (secondary N) is 3. The molecule has 4 fully saturated rings. The number of aliphatic carboxylic acids is 1. The standard InChI is InChI=1S/C28H45N3O19/c1-9(33)30-16-11(35)4-28(27(42)43,50-23(16)18(38)12(36)6-32)46-7-14-19(39)21(41)24-26(48-14)49-22-13(5-29-15(37)8-45-24)47-25(44-3)17(20(22)40)31-10(2)34/h11-14,16-26,32,35-36,38-41H,4-8H2,1-3H3,(H,29,37)(H,30,33)(H,31,34)(H,42,43)/t11-,12+,13+,14+,16+,17+,18+,19-,20+,21-,22+,23+,24+,25+,26+,28+/m0/s1. The van der Waals surface area contributed by atoms with Gasteiger partial charge in [-0.1, -0.05) is 0 Å². The summed E-state index contributed by atoms with van der Waals surface area (Å²) < 4.78 is 39.7. The van der Waals surface area contributed by atoms with Gasteiger partial charge in [0, 0.05) is 33.9 Å². The van der Waals surface area contributed by atoms with Crippen LogP contribution in [0, 0.1) is 0 Å². The average Bonchev–Trinajstić information content (AvgIpc) is 3.06. The second kappa shape index (κ2) is 16.8. The summed E-state index contributed by atoms with van der Waals surface area (Å²) in [5, 5.41) is 91.9. The van der Waals surface area contributed by atoms with Gasteiger partial charge in [-0.3, -0.25) is 14.4 Å². The van der Waals surface area contributed by atoms with Crippen molar-refractivity contribution in [3.05, 3.63) is 0 Å². The summed E-state index contributed by atoms with van der Waals surface area (Å²) in [6.45, 7) is -0.530. The average molecular weight is 728 g/mol. The van der Waals surface area contributed by atoms with E-state index < -0.39 is 148 Å². The van der Waals surface area contributed by atoms with Gasteiger partial charge in [0.1, 0.15) is 73.7 Å². The van der Waals surface area contributed by atoms with Crippen molar-refractivity contribution >= 4 is 23.7 Å². The van der Waals surface area contributed by atoms with Crippen LogP contribution in [0.15, 0.2) is 0 Å². The number of amides is 3. The molecule has 22 nitrogen and oxygen atoms in total. The normalized spacial score (nSPS) is 42.1. The van der Waals surface area contributed by atoms with E-state index in [-0.39, 0.29) is 6.54 Å². The smallest absolute Gasteiger partial charge is 0.364 e. The largest absolute Gasteiger partial charge is 0.477 e. The molecule has 0 unspecified atom stereocenters. The molecular formula is C28H45N3O19. The van der Waals surface area contributed by atoms with Crippen molar-refractivity contribution < 1.29 is 93.2 Å². The van der Waals surface area contributed by atoms with Crippen molar-refractivity contribution in [1.82, 2.24) is 16.0 Å². The molecule has 0 aromatic heterocycles. The molecule has 0 saturated carbocycles. The number of aliphatic hydroxyl groups excluding tert-OH is 7. The molecule has 0 radical (unpaired) electrons. The summed E-state index contributed by atoms with van der Waals surface area (Å²) in [5.74, 6) is -6.59. The lowest BCUT2D eigenvalue weighted by molar-refractivity contribution is -0.361. The predicted molar refractivity (Wildman–Crippen MR) is 156 cm³/mol. The molecule has 286 valence electrons. The van der Waals surface area contributed by atoms with Gasteiger partial charge in [0.25, 0.3) is 5.79 Å². The number of carboxylic acids is 1. The van der Waals surface area contributed by atoms with E-state index >= 15 is 0 Å². The highest BCUT2D eigenvalue weighted by Crippen LogP contribution is 2.36. The molecule has 3 amide bonds. The molecule has 0 spiro atoms. The molecule has 4 aliphatic heterocycles. The summed E-state index contributed by atoms with van der Waals surface area (Å²) in [4.78, 5) is 48.8. The van der Waals surface area contributed by atoms with E-state index in [2.05, 4.69) is 16.0 Å². The van der Waals surface area contributed by atoms with Crippen molar-refractivity contribution in [3.8, 4) is 0 Å². The van der Waals surface area contributed by atoms with Crippen molar-refractivity contribution in [2.24, 2.45) is 0 Å². The number of fused-ring (bicyclic) bond motifs is 2. The molecule has 0 aromatic rings. The van der Waals surface area contributed by atoms with E-state index in [4.69, 9.17) is 33.2 Å². The Morgan fingerprint density at radius 1 is 0.980 bits per heavy atom. The molecule has 0 bridgehead atoms. The lowest BCUT2D eigenvalue weighted by Gasteiger charge is -2.49. The van der Waals surface area contributed by atoms with Gasteiger partial charge in [0.05, 0.1) is 25.4 Å². The highest BCUT2D eigenvalue weighted by molar-refractivity contribution is 5.77. The summed E-state index contributed by atoms with van der Waals surface area (Å²) in [5.41, 5.74) is 0. The fraction of sp³-hybridized carbons (Fsp3) is 0.857. The van der Waals surface area contributed by atoms with Crippen molar-refractivity contribution in [2.75, 3.05) is 33.5 Å². The summed E-state index contributed by atoms with van der Waals surface area (Å²) in [6, 6.07) is -2.66. The van der Waals surface area contributed by atoms with Gasteiger partial charge in [-0.15, -0.1) is 0 Å². The molecule has 11 N–H and O–H groups in total. The maximum Gasteiger partial charge on any atom is 0.364 e. The minimum atomic E-state index is -2.81. The number of carbonyl (C=O) groups excluding carboxylic acids is 3. The van der Waals surface area contributed by atoms with Crippen LogP contribution in [-0.2, 0) is 52.3 Å². The topological polar surface area (TPSA) is 331 Å². The Morgan fingerprint density at radius 3 is 2.24 bits per heavy atom. The van der Waals surface area contributed by atoms with Gasteiger partial charge in [0.2, 0.25) is 17.7 Å². The molecule has 4 saturated heterocycles. The number of methoxy groups -OCH3 is 1. The Morgan fingerprint density at radius 2 is 1.64 bits per heavy atom. The molecule has 16 atom stereocenters. The molecular weight excluding hydrogens is 682 g/mol. The third kappa shape index (κ3) is 8.67. The number of rotatable bonds is 10. The molecule has 0 aromatic carbocycles. The van der Waals surface area contributed by atoms with Crippen LogP contribution in [0.3, 0.4) is 0 Å². The van der Waals surface area contributed by atoms with Crippen LogP contribution in [0.2, 0.25) is 0 Å². The van der Waals surface area contributed by atoms with Crippen LogP contribution in [-0.4, -0.2) is 196 Å². The maximum absolute atomic E-state index is 12.6. The van der Waals surface area contributed by atoms with Gasteiger partial charge >= 0.3 is 5.97 Å². The van der Waals surface area contributed by atoms with Gasteiger partial charge in [-0.2, -0.15) is 0 Å². The summed E-state index contributed by atoms with van der Waals surface area (Å²) in [6.07, 6.45) is -22.4. The summed E-state index contributed by atoms with van der Waals surface area (Å²) in [7, 11) is 1.26. The number of carbonyl (C=O) groups is 4. The third-order valence-corrected chi connectivity index (χ3v) is 8.79. The maximum atomic E-state index is 12.6. The zero-order chi connectivity index (χ0) is 37.1. The first-order chi connectivity index (χ1) is 23.5. The number of ether oxygens (including phenoxy) is 7. The van der Waals surface area contributed by atoms with Crippen LogP contribution in [0.25, 0.3) is 0 Å². The zero-order valence-corrected chi connectivity index (χ0v) is 27.3. The van der Waals surface area contributed by atoms with Gasteiger partial charge in [-0.05, 0) is 0 Å². The van der Waals surface area contributed by atoms with Crippen LogP contribution < -0.4 is 16.0 Å². The van der Waals surface area contributed by atoms with Crippen LogP contribution in [0.1, 0.15) is 20.3 Å². The number of carboxylic acid groups (broad SMARTS) is 1. The first kappa shape index (κ1) is 40.1. The Kier molecular flexibility index (Phi) is 13.4. The second-order valence-electron chi connectivity index (χ2n) is 12.4. The first-order valence-electron chi connectivity index (χ1n) is 15.7. The van der Waals surface area contributed by atoms with Gasteiger partial charge < -0.3 is 90.0 Å². The van der Waals surface area contributed by atoms with Crippen LogP contribution in [0.4, 0.5) is 0 Å². The fourth-order valence-electron chi connectivity index (χ4n) is 6.26. The Labute approximate surface area is 284 Å². The number of aliphatic hydroxyl groups is 7. The van der Waals surface area contributed by atoms with E-state index in [1.54, 1.807) is 0 Å². The lowest BCUT2D eigenvalue weighted by atomic mass is 9.88. The highest BCUT2D eigenvalue weighted by Gasteiger charge is 2.57. The van der Waals surface area contributed by atoms with E-state index in [0.29, 0.717) is 0 Å². The highest BCUT2D eigenvalue weighted by atomic mass is 16.8. The van der Waals surface area contributed by atoms with Crippen molar-refractivity contribution in [1.29, 1.82) is 0 Å². The summed E-state index contributed by atoms with van der Waals surface area (Å²) >= 11 is 0. The monoisotopic (exact) mass is 727 g/mol. The Balaban J connectivity index is 1.60. The number of hydrogen-bond donors (Lipinski definition) is 11. The Hall–Kier alpha value is -2.68. The van der Waals surface area contributed by atoms with E-state index in [9.17, 15) is 60.0 Å². The molecule has 4 rings (SSSR count). The molecule has 4 heterocycles. The van der Waals surface area contributed by atoms with Gasteiger partial charge in [-0.25, -0.2) is 4.79 Å². The van der Waals surface area contributed by atoms with Crippen LogP contribution in [0.5, 0.6) is 0 Å². The van der Waals surface area contributed by atoms with Crippen molar-refractivity contribution in [2.45, 2.75) is 118 Å².